The summed E-state index contributed by atoms with van der Waals surface area (Å²) in [7, 11) is 0. The second kappa shape index (κ2) is 4.90. The maximum Gasteiger partial charge on any atom is 0.185 e. The Labute approximate surface area is 99.1 Å². The molecule has 2 aromatic rings. The van der Waals surface area contributed by atoms with Gasteiger partial charge in [0.15, 0.2) is 5.78 Å². The molecule has 0 aliphatic rings. The van der Waals surface area contributed by atoms with Crippen molar-refractivity contribution in [1.29, 1.82) is 0 Å². The van der Waals surface area contributed by atoms with Gasteiger partial charge in [-0.05, 0) is 30.5 Å². The molecule has 2 heteroatoms. The third-order valence-electron chi connectivity index (χ3n) is 2.28. The van der Waals surface area contributed by atoms with Gasteiger partial charge < -0.3 is 0 Å². The molecule has 1 nitrogen and oxygen atoms in total. The van der Waals surface area contributed by atoms with Crippen molar-refractivity contribution < 1.29 is 4.79 Å². The molecule has 0 saturated heterocycles. The minimum absolute atomic E-state index is 0.0494. The van der Waals surface area contributed by atoms with E-state index in [0.29, 0.717) is 0 Å². The Kier molecular flexibility index (Phi) is 3.32. The van der Waals surface area contributed by atoms with Crippen LogP contribution in [0.25, 0.3) is 6.08 Å². The van der Waals surface area contributed by atoms with Gasteiger partial charge in [-0.1, -0.05) is 35.9 Å². The summed E-state index contributed by atoms with van der Waals surface area (Å²) in [6, 6.07) is 11.6. The first-order valence-electron chi connectivity index (χ1n) is 5.08. The predicted molar refractivity (Wildman–Crippen MR) is 68.9 cm³/mol. The van der Waals surface area contributed by atoms with Gasteiger partial charge >= 0.3 is 0 Å². The van der Waals surface area contributed by atoms with Gasteiger partial charge in [-0.15, -0.1) is 11.3 Å². The number of carbonyl (C=O) groups excluding carboxylic acids is 1. The molecule has 1 aromatic carbocycles. The first-order valence-corrected chi connectivity index (χ1v) is 5.96. The molecule has 0 spiro atoms. The molecule has 0 fully saturated rings. The number of ketones is 1. The van der Waals surface area contributed by atoms with Gasteiger partial charge in [0.05, 0.1) is 0 Å². The van der Waals surface area contributed by atoms with Crippen LogP contribution in [0.15, 0.2) is 47.9 Å². The zero-order valence-corrected chi connectivity index (χ0v) is 9.83. The maximum absolute atomic E-state index is 11.8. The van der Waals surface area contributed by atoms with Gasteiger partial charge in [0.1, 0.15) is 0 Å². The number of carbonyl (C=O) groups is 1. The lowest BCUT2D eigenvalue weighted by Gasteiger charge is -1.96. The Balaban J connectivity index is 2.11. The Bertz CT molecular complexity index is 492. The van der Waals surface area contributed by atoms with Crippen molar-refractivity contribution in [2.45, 2.75) is 6.92 Å². The molecule has 16 heavy (non-hydrogen) atoms. The average molecular weight is 228 g/mol. The molecule has 80 valence electrons. The van der Waals surface area contributed by atoms with Crippen molar-refractivity contribution >= 4 is 23.2 Å². The fourth-order valence-electron chi connectivity index (χ4n) is 1.36. The topological polar surface area (TPSA) is 17.1 Å². The Morgan fingerprint density at radius 2 is 1.94 bits per heavy atom. The molecule has 1 heterocycles. The zero-order valence-electron chi connectivity index (χ0n) is 9.01. The van der Waals surface area contributed by atoms with Crippen LogP contribution in [0.1, 0.15) is 20.8 Å². The van der Waals surface area contributed by atoms with Gasteiger partial charge in [-0.2, -0.15) is 0 Å². The van der Waals surface area contributed by atoms with E-state index in [-0.39, 0.29) is 5.78 Å². The molecular formula is C14H12OS. The third-order valence-corrected chi connectivity index (χ3v) is 3.12. The third kappa shape index (κ3) is 2.67. The van der Waals surface area contributed by atoms with Crippen molar-refractivity contribution in [3.8, 4) is 0 Å². The van der Waals surface area contributed by atoms with Crippen molar-refractivity contribution in [2.75, 3.05) is 0 Å². The van der Waals surface area contributed by atoms with Crippen LogP contribution < -0.4 is 0 Å². The minimum Gasteiger partial charge on any atom is -0.289 e. The van der Waals surface area contributed by atoms with Gasteiger partial charge in [0.25, 0.3) is 0 Å². The largest absolute Gasteiger partial charge is 0.289 e. The molecular weight excluding hydrogens is 216 g/mol. The van der Waals surface area contributed by atoms with E-state index in [9.17, 15) is 4.79 Å². The maximum atomic E-state index is 11.8. The zero-order chi connectivity index (χ0) is 11.4. The molecule has 2 rings (SSSR count). The summed E-state index contributed by atoms with van der Waals surface area (Å²) < 4.78 is 0. The van der Waals surface area contributed by atoms with E-state index in [2.05, 4.69) is 0 Å². The van der Waals surface area contributed by atoms with E-state index in [1.807, 2.05) is 54.8 Å². The van der Waals surface area contributed by atoms with Gasteiger partial charge in [-0.25, -0.2) is 0 Å². The van der Waals surface area contributed by atoms with Gasteiger partial charge in [0.2, 0.25) is 0 Å². The molecule has 0 atom stereocenters. The Hall–Kier alpha value is -1.67. The molecule has 1 aromatic heterocycles. The molecule has 0 bridgehead atoms. The fraction of sp³-hybridized carbons (Fsp3) is 0.0714. The van der Waals surface area contributed by atoms with Crippen molar-refractivity contribution in [2.24, 2.45) is 0 Å². The summed E-state index contributed by atoms with van der Waals surface area (Å²) in [5.74, 6) is 0.0494. The molecule has 0 N–H and O–H groups in total. The van der Waals surface area contributed by atoms with Crippen LogP contribution in [0.3, 0.4) is 0 Å². The number of benzene rings is 1. The van der Waals surface area contributed by atoms with E-state index in [4.69, 9.17) is 0 Å². The normalized spacial score (nSPS) is 10.8. The minimum atomic E-state index is 0.0494. The summed E-state index contributed by atoms with van der Waals surface area (Å²) >= 11 is 1.62. The van der Waals surface area contributed by atoms with Crippen LogP contribution in [0.5, 0.6) is 0 Å². The molecule has 0 unspecified atom stereocenters. The Morgan fingerprint density at radius 3 is 2.56 bits per heavy atom. The van der Waals surface area contributed by atoms with Crippen LogP contribution in [0.4, 0.5) is 0 Å². The molecule has 0 aliphatic heterocycles. The number of thiophene rings is 1. The second-order valence-corrected chi connectivity index (χ2v) is 4.56. The van der Waals surface area contributed by atoms with E-state index in [1.54, 1.807) is 17.4 Å². The number of rotatable bonds is 3. The van der Waals surface area contributed by atoms with Crippen LogP contribution in [-0.2, 0) is 0 Å². The van der Waals surface area contributed by atoms with E-state index < -0.39 is 0 Å². The molecule has 0 aliphatic carbocycles. The number of aryl methyl sites for hydroxylation is 1. The Morgan fingerprint density at radius 1 is 1.19 bits per heavy atom. The summed E-state index contributed by atoms with van der Waals surface area (Å²) in [5, 5.41) is 2.00. The van der Waals surface area contributed by atoms with E-state index in [0.717, 1.165) is 10.4 Å². The summed E-state index contributed by atoms with van der Waals surface area (Å²) in [4.78, 5) is 12.9. The first-order chi connectivity index (χ1) is 7.75. The van der Waals surface area contributed by atoms with E-state index >= 15 is 0 Å². The number of hydrogen-bond acceptors (Lipinski definition) is 2. The van der Waals surface area contributed by atoms with Crippen LogP contribution in [0.2, 0.25) is 0 Å². The van der Waals surface area contributed by atoms with E-state index in [1.165, 1.54) is 5.56 Å². The monoisotopic (exact) mass is 228 g/mol. The van der Waals surface area contributed by atoms with Crippen LogP contribution in [-0.4, -0.2) is 5.78 Å². The number of allylic oxidation sites excluding steroid dienone is 1. The highest BCUT2D eigenvalue weighted by molar-refractivity contribution is 7.10. The average Bonchev–Trinajstić information content (AvgIpc) is 2.80. The summed E-state index contributed by atoms with van der Waals surface area (Å²) in [6.07, 6.45) is 3.48. The molecule has 0 radical (unpaired) electrons. The lowest BCUT2D eigenvalue weighted by Crippen LogP contribution is -1.93. The lowest BCUT2D eigenvalue weighted by molar-refractivity contribution is 0.104. The first kappa shape index (κ1) is 10.8. The van der Waals surface area contributed by atoms with Gasteiger partial charge in [-0.3, -0.25) is 4.79 Å². The van der Waals surface area contributed by atoms with Crippen molar-refractivity contribution in [3.63, 3.8) is 0 Å². The summed E-state index contributed by atoms with van der Waals surface area (Å²) in [6.45, 7) is 2.01. The smallest absolute Gasteiger partial charge is 0.185 e. The highest BCUT2D eigenvalue weighted by Gasteiger charge is 2.00. The quantitative estimate of drug-likeness (QED) is 0.574. The highest BCUT2D eigenvalue weighted by atomic mass is 32.1. The fourth-order valence-corrected chi connectivity index (χ4v) is 1.98. The molecule has 0 saturated carbocycles. The second-order valence-electron chi connectivity index (χ2n) is 3.58. The number of hydrogen-bond donors (Lipinski definition) is 0. The van der Waals surface area contributed by atoms with Gasteiger partial charge in [0, 0.05) is 10.4 Å². The highest BCUT2D eigenvalue weighted by Crippen LogP contribution is 2.11. The van der Waals surface area contributed by atoms with Crippen molar-refractivity contribution in [3.05, 3.63) is 63.9 Å². The lowest BCUT2D eigenvalue weighted by atomic mass is 10.1. The van der Waals surface area contributed by atoms with Crippen LogP contribution in [0, 0.1) is 6.92 Å². The van der Waals surface area contributed by atoms with Crippen LogP contribution >= 0.6 is 11.3 Å². The van der Waals surface area contributed by atoms with Crippen molar-refractivity contribution in [1.82, 2.24) is 0 Å². The SMILES string of the molecule is Cc1ccc(C(=O)/C=C\c2cccs2)cc1. The summed E-state index contributed by atoms with van der Waals surface area (Å²) in [5.41, 5.74) is 1.90. The predicted octanol–water partition coefficient (Wildman–Crippen LogP) is 3.95. The standard InChI is InChI=1S/C14H12OS/c1-11-4-6-12(7-5-11)14(15)9-8-13-3-2-10-16-13/h2-10H,1H3/b9-8-. The molecule has 0 amide bonds.